The minimum Gasteiger partial charge on any atom is -0.493 e. The first-order valence-corrected chi connectivity index (χ1v) is 7.18. The number of methoxy groups -OCH3 is 1. The molecule has 1 aromatic carbocycles. The van der Waals surface area contributed by atoms with Crippen LogP contribution in [0.4, 0.5) is 0 Å². The molecule has 0 aromatic heterocycles. The molecule has 1 fully saturated rings. The number of nitrogens with zero attached hydrogens (tertiary/aromatic N) is 1. The largest absolute Gasteiger partial charge is 0.493 e. The number of carbonyl (C=O) groups excluding carboxylic acids is 1. The number of amides is 1. The van der Waals surface area contributed by atoms with Crippen LogP contribution >= 0.6 is 0 Å². The molecule has 1 aromatic rings. The number of benzene rings is 1. The molecule has 1 heterocycles. The highest BCUT2D eigenvalue weighted by Gasteiger charge is 2.18. The number of hydrogen-bond donors (Lipinski definition) is 1. The van der Waals surface area contributed by atoms with E-state index in [1.807, 2.05) is 4.90 Å². The van der Waals surface area contributed by atoms with E-state index in [1.165, 1.54) is 0 Å². The second-order valence-corrected chi connectivity index (χ2v) is 4.86. The Kier molecular flexibility index (Phi) is 5.63. The van der Waals surface area contributed by atoms with Crippen molar-refractivity contribution in [3.63, 3.8) is 0 Å². The van der Waals surface area contributed by atoms with Crippen LogP contribution in [0.5, 0.6) is 11.5 Å². The second kappa shape index (κ2) is 7.69. The van der Waals surface area contributed by atoms with Crippen molar-refractivity contribution in [2.24, 2.45) is 0 Å². The highest BCUT2D eigenvalue weighted by molar-refractivity contribution is 5.95. The number of carbonyl (C=O) groups is 1. The smallest absolute Gasteiger partial charge is 0.254 e. The van der Waals surface area contributed by atoms with Crippen LogP contribution in [-0.2, 0) is 0 Å². The molecule has 0 radical (unpaired) electrons. The molecule has 0 aliphatic carbocycles. The number of nitrogens with one attached hydrogen (secondary N) is 1. The fourth-order valence-electron chi connectivity index (χ4n) is 2.30. The summed E-state index contributed by atoms with van der Waals surface area (Å²) < 4.78 is 10.8. The molecular weight excluding hydrogens is 268 g/mol. The normalized spacial score (nSPS) is 15.2. The average molecular weight is 290 g/mol. The van der Waals surface area contributed by atoms with E-state index >= 15 is 0 Å². The van der Waals surface area contributed by atoms with Crippen molar-refractivity contribution >= 4 is 5.91 Å². The summed E-state index contributed by atoms with van der Waals surface area (Å²) in [7, 11) is 1.57. The van der Waals surface area contributed by atoms with Crippen molar-refractivity contribution in [3.05, 3.63) is 36.4 Å². The highest BCUT2D eigenvalue weighted by atomic mass is 16.5. The minimum atomic E-state index is 0.0345. The zero-order chi connectivity index (χ0) is 15.1. The average Bonchev–Trinajstić information content (AvgIpc) is 2.81. The fourth-order valence-corrected chi connectivity index (χ4v) is 2.30. The lowest BCUT2D eigenvalue weighted by atomic mass is 10.1. The van der Waals surface area contributed by atoms with E-state index in [1.54, 1.807) is 31.4 Å². The first-order chi connectivity index (χ1) is 10.3. The van der Waals surface area contributed by atoms with Gasteiger partial charge in [-0.15, -0.1) is 0 Å². The van der Waals surface area contributed by atoms with Crippen LogP contribution in [0.1, 0.15) is 16.8 Å². The maximum Gasteiger partial charge on any atom is 0.254 e. The Hall–Kier alpha value is -2.01. The Morgan fingerprint density at radius 2 is 2.24 bits per heavy atom. The van der Waals surface area contributed by atoms with Crippen molar-refractivity contribution in [1.82, 2.24) is 10.2 Å². The van der Waals surface area contributed by atoms with Gasteiger partial charge in [0.25, 0.3) is 5.91 Å². The van der Waals surface area contributed by atoms with Gasteiger partial charge in [0.05, 0.1) is 7.11 Å². The van der Waals surface area contributed by atoms with Gasteiger partial charge in [0, 0.05) is 25.2 Å². The van der Waals surface area contributed by atoms with E-state index in [0.29, 0.717) is 23.7 Å². The van der Waals surface area contributed by atoms with E-state index in [9.17, 15) is 4.79 Å². The summed E-state index contributed by atoms with van der Waals surface area (Å²) in [6.45, 7) is 7.33. The molecule has 1 amide bonds. The van der Waals surface area contributed by atoms with Gasteiger partial charge in [-0.3, -0.25) is 4.79 Å². The molecule has 1 N–H and O–H groups in total. The number of ether oxygens (including phenoxy) is 2. The van der Waals surface area contributed by atoms with Crippen molar-refractivity contribution in [2.75, 3.05) is 39.9 Å². The van der Waals surface area contributed by atoms with Gasteiger partial charge in [-0.2, -0.15) is 0 Å². The van der Waals surface area contributed by atoms with Gasteiger partial charge >= 0.3 is 0 Å². The van der Waals surface area contributed by atoms with E-state index in [2.05, 4.69) is 11.9 Å². The van der Waals surface area contributed by atoms with E-state index in [-0.39, 0.29) is 5.91 Å². The lowest BCUT2D eigenvalue weighted by Crippen LogP contribution is -2.34. The molecule has 21 heavy (non-hydrogen) atoms. The standard InChI is InChI=1S/C16H22N2O3/c1-3-11-21-14-6-5-13(12-15(14)20-2)16(19)18-9-4-7-17-8-10-18/h3,5-6,12,17H,1,4,7-11H2,2H3. The summed E-state index contributed by atoms with van der Waals surface area (Å²) in [6.07, 6.45) is 2.64. The molecule has 0 saturated carbocycles. The maximum absolute atomic E-state index is 12.5. The van der Waals surface area contributed by atoms with Crippen LogP contribution in [0.3, 0.4) is 0 Å². The van der Waals surface area contributed by atoms with Crippen LogP contribution in [0.15, 0.2) is 30.9 Å². The lowest BCUT2D eigenvalue weighted by Gasteiger charge is -2.20. The van der Waals surface area contributed by atoms with Crippen LogP contribution in [0.2, 0.25) is 0 Å². The maximum atomic E-state index is 12.5. The third-order valence-electron chi connectivity index (χ3n) is 3.39. The summed E-state index contributed by atoms with van der Waals surface area (Å²) in [5.74, 6) is 1.22. The summed E-state index contributed by atoms with van der Waals surface area (Å²) >= 11 is 0. The third-order valence-corrected chi connectivity index (χ3v) is 3.39. The van der Waals surface area contributed by atoms with Gasteiger partial charge in [0.15, 0.2) is 11.5 Å². The molecule has 0 atom stereocenters. The van der Waals surface area contributed by atoms with Gasteiger partial charge in [0.1, 0.15) is 6.61 Å². The second-order valence-electron chi connectivity index (χ2n) is 4.86. The molecule has 114 valence electrons. The number of hydrogen-bond acceptors (Lipinski definition) is 4. The van der Waals surface area contributed by atoms with Crippen molar-refractivity contribution < 1.29 is 14.3 Å². The molecule has 1 aliphatic heterocycles. The Morgan fingerprint density at radius 3 is 3.00 bits per heavy atom. The Balaban J connectivity index is 2.14. The molecule has 1 aliphatic rings. The van der Waals surface area contributed by atoms with Gasteiger partial charge in [0.2, 0.25) is 0 Å². The third kappa shape index (κ3) is 3.98. The van der Waals surface area contributed by atoms with Gasteiger partial charge < -0.3 is 19.7 Å². The van der Waals surface area contributed by atoms with Crippen LogP contribution in [0, 0.1) is 0 Å². The molecule has 5 heteroatoms. The van der Waals surface area contributed by atoms with Gasteiger partial charge in [-0.1, -0.05) is 12.7 Å². The predicted molar refractivity (Wildman–Crippen MR) is 82.1 cm³/mol. The fraction of sp³-hybridized carbons (Fsp3) is 0.438. The quantitative estimate of drug-likeness (QED) is 0.839. The Bertz CT molecular complexity index is 494. The molecule has 5 nitrogen and oxygen atoms in total. The molecule has 2 rings (SSSR count). The topological polar surface area (TPSA) is 50.8 Å². The van der Waals surface area contributed by atoms with Gasteiger partial charge in [-0.05, 0) is 31.2 Å². The summed E-state index contributed by atoms with van der Waals surface area (Å²) in [4.78, 5) is 14.4. The van der Waals surface area contributed by atoms with Crippen molar-refractivity contribution in [3.8, 4) is 11.5 Å². The van der Waals surface area contributed by atoms with Gasteiger partial charge in [-0.25, -0.2) is 0 Å². The zero-order valence-corrected chi connectivity index (χ0v) is 12.4. The van der Waals surface area contributed by atoms with E-state index < -0.39 is 0 Å². The van der Waals surface area contributed by atoms with Crippen LogP contribution < -0.4 is 14.8 Å². The van der Waals surface area contributed by atoms with E-state index in [0.717, 1.165) is 32.6 Å². The molecule has 0 spiro atoms. The Morgan fingerprint density at radius 1 is 1.38 bits per heavy atom. The monoisotopic (exact) mass is 290 g/mol. The first kappa shape index (κ1) is 15.4. The molecular formula is C16H22N2O3. The summed E-state index contributed by atoms with van der Waals surface area (Å²) in [5, 5.41) is 3.29. The van der Waals surface area contributed by atoms with Crippen LogP contribution in [-0.4, -0.2) is 50.7 Å². The summed E-state index contributed by atoms with van der Waals surface area (Å²) in [6, 6.07) is 5.28. The minimum absolute atomic E-state index is 0.0345. The lowest BCUT2D eigenvalue weighted by molar-refractivity contribution is 0.0766. The first-order valence-electron chi connectivity index (χ1n) is 7.18. The van der Waals surface area contributed by atoms with Crippen molar-refractivity contribution in [2.45, 2.75) is 6.42 Å². The van der Waals surface area contributed by atoms with Crippen LogP contribution in [0.25, 0.3) is 0 Å². The molecule has 0 bridgehead atoms. The predicted octanol–water partition coefficient (Wildman–Crippen LogP) is 1.70. The summed E-state index contributed by atoms with van der Waals surface area (Å²) in [5.41, 5.74) is 0.625. The Labute approximate surface area is 125 Å². The zero-order valence-electron chi connectivity index (χ0n) is 12.4. The van der Waals surface area contributed by atoms with E-state index in [4.69, 9.17) is 9.47 Å². The SMILES string of the molecule is C=CCOc1ccc(C(=O)N2CCCNCC2)cc1OC. The number of rotatable bonds is 5. The molecule has 1 saturated heterocycles. The molecule has 0 unspecified atom stereocenters. The van der Waals surface area contributed by atoms with Crippen molar-refractivity contribution in [1.29, 1.82) is 0 Å². The highest BCUT2D eigenvalue weighted by Crippen LogP contribution is 2.28.